The number of methoxy groups -OCH3 is 1. The van der Waals surface area contributed by atoms with Crippen LogP contribution >= 0.6 is 0 Å². The number of carbonyl (C=O) groups excluding carboxylic acids is 2. The molecular weight excluding hydrogens is 296 g/mol. The zero-order chi connectivity index (χ0) is 17.0. The van der Waals surface area contributed by atoms with E-state index in [1.165, 1.54) is 7.11 Å². The van der Waals surface area contributed by atoms with Gasteiger partial charge in [0.05, 0.1) is 13.7 Å². The van der Waals surface area contributed by atoms with E-state index in [9.17, 15) is 9.59 Å². The van der Waals surface area contributed by atoms with Crippen LogP contribution in [0.5, 0.6) is 0 Å². The summed E-state index contributed by atoms with van der Waals surface area (Å²) in [5.74, 6) is -0.744. The van der Waals surface area contributed by atoms with Gasteiger partial charge in [-0.05, 0) is 25.5 Å². The van der Waals surface area contributed by atoms with E-state index in [0.29, 0.717) is 13.0 Å². The zero-order valence-electron chi connectivity index (χ0n) is 13.7. The number of aromatic nitrogens is 1. The van der Waals surface area contributed by atoms with Gasteiger partial charge in [0, 0.05) is 23.0 Å². The number of carbonyl (C=O) groups is 2. The molecule has 1 unspecified atom stereocenters. The van der Waals surface area contributed by atoms with E-state index in [1.807, 2.05) is 35.8 Å². The fourth-order valence-corrected chi connectivity index (χ4v) is 2.75. The molecule has 2 aromatic rings. The Kier molecular flexibility index (Phi) is 5.39. The Balaban J connectivity index is 2.43. The number of nitrogens with zero attached hydrogens (tertiary/aromatic N) is 1. The second kappa shape index (κ2) is 7.28. The number of esters is 2. The third kappa shape index (κ3) is 3.53. The number of hydrogen-bond acceptors (Lipinski definition) is 5. The average molecular weight is 318 g/mol. The van der Waals surface area contributed by atoms with Crippen LogP contribution in [0.1, 0.15) is 18.2 Å². The maximum atomic E-state index is 11.9. The third-order valence-electron chi connectivity index (χ3n) is 3.88. The first kappa shape index (κ1) is 17.0. The summed E-state index contributed by atoms with van der Waals surface area (Å²) in [5.41, 5.74) is 8.67. The van der Waals surface area contributed by atoms with Crippen molar-refractivity contribution in [2.24, 2.45) is 5.73 Å². The Bertz CT molecular complexity index is 721. The molecule has 0 fully saturated rings. The summed E-state index contributed by atoms with van der Waals surface area (Å²) in [5, 5.41) is 0.980. The van der Waals surface area contributed by atoms with Crippen molar-refractivity contribution in [1.29, 1.82) is 0 Å². The smallest absolute Gasteiger partial charge is 0.325 e. The first-order chi connectivity index (χ1) is 11.0. The van der Waals surface area contributed by atoms with E-state index in [0.717, 1.165) is 22.2 Å². The minimum atomic E-state index is -0.736. The third-order valence-corrected chi connectivity index (χ3v) is 3.88. The monoisotopic (exact) mass is 318 g/mol. The first-order valence-electron chi connectivity index (χ1n) is 7.55. The average Bonchev–Trinajstić information content (AvgIpc) is 2.80. The summed E-state index contributed by atoms with van der Waals surface area (Å²) in [4.78, 5) is 23.5. The summed E-state index contributed by atoms with van der Waals surface area (Å²) in [6.45, 7) is 4.17. The summed E-state index contributed by atoms with van der Waals surface area (Å²) in [6.07, 6.45) is 0.356. The Hall–Kier alpha value is -2.34. The highest BCUT2D eigenvalue weighted by Crippen LogP contribution is 2.27. The lowest BCUT2D eigenvalue weighted by Gasteiger charge is -2.11. The SMILES string of the molecule is CCOC(=O)Cn1c(C)c(CC(N)C(=O)OC)c2ccccc21. The number of para-hydroxylation sites is 1. The summed E-state index contributed by atoms with van der Waals surface area (Å²) < 4.78 is 11.6. The highest BCUT2D eigenvalue weighted by molar-refractivity contribution is 5.88. The van der Waals surface area contributed by atoms with Gasteiger partial charge in [0.2, 0.25) is 0 Å². The molecule has 1 heterocycles. The van der Waals surface area contributed by atoms with Crippen LogP contribution in [0.25, 0.3) is 10.9 Å². The standard InChI is InChI=1S/C17H22N2O4/c1-4-23-16(20)10-19-11(2)13(9-14(18)17(21)22-3)12-7-5-6-8-15(12)19/h5-8,14H,4,9-10,18H2,1-3H3. The highest BCUT2D eigenvalue weighted by Gasteiger charge is 2.21. The number of benzene rings is 1. The maximum Gasteiger partial charge on any atom is 0.325 e. The van der Waals surface area contributed by atoms with Gasteiger partial charge in [-0.1, -0.05) is 18.2 Å². The normalized spacial score (nSPS) is 12.2. The van der Waals surface area contributed by atoms with Gasteiger partial charge < -0.3 is 19.8 Å². The molecule has 6 nitrogen and oxygen atoms in total. The van der Waals surface area contributed by atoms with Gasteiger partial charge in [0.1, 0.15) is 12.6 Å². The predicted molar refractivity (Wildman–Crippen MR) is 87.0 cm³/mol. The molecule has 1 aromatic heterocycles. The Morgan fingerprint density at radius 3 is 2.65 bits per heavy atom. The molecule has 1 atom stereocenters. The second-order valence-corrected chi connectivity index (χ2v) is 5.31. The van der Waals surface area contributed by atoms with E-state index in [1.54, 1.807) is 6.92 Å². The van der Waals surface area contributed by atoms with Crippen LogP contribution in [-0.2, 0) is 32.0 Å². The molecule has 2 rings (SSSR count). The molecule has 23 heavy (non-hydrogen) atoms. The molecule has 1 aromatic carbocycles. The van der Waals surface area contributed by atoms with Gasteiger partial charge in [0.25, 0.3) is 0 Å². The summed E-state index contributed by atoms with van der Waals surface area (Å²) >= 11 is 0. The quantitative estimate of drug-likeness (QED) is 0.817. The van der Waals surface area contributed by atoms with Crippen molar-refractivity contribution in [3.63, 3.8) is 0 Å². The largest absolute Gasteiger partial charge is 0.468 e. The fourth-order valence-electron chi connectivity index (χ4n) is 2.75. The van der Waals surface area contributed by atoms with Crippen LogP contribution < -0.4 is 5.73 Å². The number of ether oxygens (including phenoxy) is 2. The Morgan fingerprint density at radius 2 is 2.00 bits per heavy atom. The molecule has 2 N–H and O–H groups in total. The van der Waals surface area contributed by atoms with Crippen LogP contribution in [0, 0.1) is 6.92 Å². The lowest BCUT2D eigenvalue weighted by atomic mass is 10.0. The van der Waals surface area contributed by atoms with Crippen molar-refractivity contribution >= 4 is 22.8 Å². The number of fused-ring (bicyclic) bond motifs is 1. The van der Waals surface area contributed by atoms with E-state index < -0.39 is 12.0 Å². The van der Waals surface area contributed by atoms with Crippen molar-refractivity contribution < 1.29 is 19.1 Å². The van der Waals surface area contributed by atoms with Gasteiger partial charge >= 0.3 is 11.9 Å². The second-order valence-electron chi connectivity index (χ2n) is 5.31. The molecule has 0 aliphatic heterocycles. The minimum Gasteiger partial charge on any atom is -0.468 e. The fraction of sp³-hybridized carbons (Fsp3) is 0.412. The van der Waals surface area contributed by atoms with Gasteiger partial charge in [-0.2, -0.15) is 0 Å². The molecule has 0 radical (unpaired) electrons. The number of nitrogens with two attached hydrogens (primary N) is 1. The van der Waals surface area contributed by atoms with Crippen LogP contribution in [0.3, 0.4) is 0 Å². The van der Waals surface area contributed by atoms with Gasteiger partial charge in [-0.25, -0.2) is 0 Å². The van der Waals surface area contributed by atoms with Gasteiger partial charge in [0.15, 0.2) is 0 Å². The van der Waals surface area contributed by atoms with Crippen molar-refractivity contribution in [2.45, 2.75) is 32.9 Å². The predicted octanol–water partition coefficient (Wildman–Crippen LogP) is 1.56. The molecule has 0 amide bonds. The number of hydrogen-bond donors (Lipinski definition) is 1. The molecule has 0 saturated carbocycles. The molecular formula is C17H22N2O4. The van der Waals surface area contributed by atoms with E-state index >= 15 is 0 Å². The Labute approximate surface area is 135 Å². The topological polar surface area (TPSA) is 83.5 Å². The van der Waals surface area contributed by atoms with Gasteiger partial charge in [-0.15, -0.1) is 0 Å². The lowest BCUT2D eigenvalue weighted by Crippen LogP contribution is -2.33. The molecule has 6 heteroatoms. The highest BCUT2D eigenvalue weighted by atomic mass is 16.5. The van der Waals surface area contributed by atoms with Crippen LogP contribution in [0.15, 0.2) is 24.3 Å². The lowest BCUT2D eigenvalue weighted by molar-refractivity contribution is -0.144. The van der Waals surface area contributed by atoms with E-state index in [2.05, 4.69) is 0 Å². The van der Waals surface area contributed by atoms with Crippen molar-refractivity contribution in [2.75, 3.05) is 13.7 Å². The van der Waals surface area contributed by atoms with Crippen LogP contribution in [0.2, 0.25) is 0 Å². The molecule has 0 bridgehead atoms. The van der Waals surface area contributed by atoms with Crippen molar-refractivity contribution in [3.05, 3.63) is 35.5 Å². The summed E-state index contributed by atoms with van der Waals surface area (Å²) in [7, 11) is 1.32. The molecule has 0 aliphatic rings. The maximum absolute atomic E-state index is 11.9. The summed E-state index contributed by atoms with van der Waals surface area (Å²) in [6, 6.07) is 7.00. The molecule has 0 spiro atoms. The number of rotatable bonds is 6. The van der Waals surface area contributed by atoms with E-state index in [-0.39, 0.29) is 12.5 Å². The van der Waals surface area contributed by atoms with Crippen LogP contribution in [-0.4, -0.2) is 36.3 Å². The minimum absolute atomic E-state index is 0.133. The first-order valence-corrected chi connectivity index (χ1v) is 7.55. The van der Waals surface area contributed by atoms with Crippen molar-refractivity contribution in [3.8, 4) is 0 Å². The van der Waals surface area contributed by atoms with Crippen LogP contribution in [0.4, 0.5) is 0 Å². The van der Waals surface area contributed by atoms with Crippen molar-refractivity contribution in [1.82, 2.24) is 4.57 Å². The van der Waals surface area contributed by atoms with Gasteiger partial charge in [-0.3, -0.25) is 9.59 Å². The molecule has 0 aliphatic carbocycles. The van der Waals surface area contributed by atoms with E-state index in [4.69, 9.17) is 15.2 Å². The zero-order valence-corrected chi connectivity index (χ0v) is 13.7. The molecule has 0 saturated heterocycles. The Morgan fingerprint density at radius 1 is 1.30 bits per heavy atom. The molecule has 124 valence electrons.